The fourth-order valence-corrected chi connectivity index (χ4v) is 3.66. The molecule has 1 amide bonds. The molecule has 1 aromatic carbocycles. The van der Waals surface area contributed by atoms with Gasteiger partial charge in [-0.2, -0.15) is 0 Å². The molecule has 8 nitrogen and oxygen atoms in total. The Balaban J connectivity index is 1.59. The summed E-state index contributed by atoms with van der Waals surface area (Å²) >= 11 is 1.41. The van der Waals surface area contributed by atoms with Crippen LogP contribution in [0.2, 0.25) is 0 Å². The zero-order valence-corrected chi connectivity index (χ0v) is 16.3. The minimum atomic E-state index is -0.247. The average molecular weight is 395 g/mol. The Hall–Kier alpha value is -3.46. The van der Waals surface area contributed by atoms with Gasteiger partial charge in [-0.15, -0.1) is 21.5 Å². The number of carbonyl (C=O) groups is 1. The number of aromatic nitrogens is 4. The molecule has 9 heteroatoms. The Kier molecular flexibility index (Phi) is 4.66. The fourth-order valence-electron chi connectivity index (χ4n) is 2.83. The van der Waals surface area contributed by atoms with E-state index in [0.29, 0.717) is 27.8 Å². The predicted octanol–water partition coefficient (Wildman–Crippen LogP) is 3.43. The molecule has 142 valence electrons. The van der Waals surface area contributed by atoms with E-state index in [9.17, 15) is 4.79 Å². The van der Waals surface area contributed by atoms with Crippen LogP contribution in [0.4, 0.5) is 5.13 Å². The lowest BCUT2D eigenvalue weighted by Gasteiger charge is -2.08. The summed E-state index contributed by atoms with van der Waals surface area (Å²) in [5.74, 6) is 1.03. The highest BCUT2D eigenvalue weighted by Crippen LogP contribution is 2.36. The predicted molar refractivity (Wildman–Crippen MR) is 106 cm³/mol. The number of methoxy groups -OCH3 is 2. The summed E-state index contributed by atoms with van der Waals surface area (Å²) in [6, 6.07) is 9.06. The molecule has 28 heavy (non-hydrogen) atoms. The molecule has 0 radical (unpaired) electrons. The van der Waals surface area contributed by atoms with Gasteiger partial charge in [-0.3, -0.25) is 14.5 Å². The van der Waals surface area contributed by atoms with Crippen molar-refractivity contribution in [1.82, 2.24) is 19.6 Å². The molecule has 0 saturated carbocycles. The molecular formula is C19H17N5O3S. The number of hydrogen-bond acceptors (Lipinski definition) is 7. The van der Waals surface area contributed by atoms with Crippen molar-refractivity contribution in [3.8, 4) is 22.8 Å². The summed E-state index contributed by atoms with van der Waals surface area (Å²) in [5.41, 5.74) is 2.85. The Morgan fingerprint density at radius 3 is 2.75 bits per heavy atom. The third-order valence-corrected chi connectivity index (χ3v) is 5.11. The van der Waals surface area contributed by atoms with Gasteiger partial charge in [0.1, 0.15) is 6.33 Å². The second kappa shape index (κ2) is 7.28. The van der Waals surface area contributed by atoms with Gasteiger partial charge in [-0.25, -0.2) is 4.98 Å². The van der Waals surface area contributed by atoms with Crippen LogP contribution in [0.5, 0.6) is 11.5 Å². The first-order chi connectivity index (χ1) is 13.6. The van der Waals surface area contributed by atoms with E-state index < -0.39 is 0 Å². The summed E-state index contributed by atoms with van der Waals surface area (Å²) in [4.78, 5) is 18.2. The van der Waals surface area contributed by atoms with Crippen LogP contribution < -0.4 is 14.8 Å². The summed E-state index contributed by atoms with van der Waals surface area (Å²) in [6.45, 7) is 1.96. The lowest BCUT2D eigenvalue weighted by atomic mass is 10.1. The van der Waals surface area contributed by atoms with E-state index in [1.54, 1.807) is 43.3 Å². The standard InChI is InChI=1S/C19H17N5O3S/c1-11-17(12-4-6-14(26-2)15(8-12)27-3)21-19(28-11)22-18(25)13-5-7-16-23-20-10-24(16)9-13/h4-10H,1-3H3,(H,21,22,25). The Morgan fingerprint density at radius 2 is 1.96 bits per heavy atom. The topological polar surface area (TPSA) is 90.6 Å². The molecule has 4 rings (SSSR count). The molecule has 1 N–H and O–H groups in total. The number of pyridine rings is 1. The van der Waals surface area contributed by atoms with Crippen LogP contribution in [-0.4, -0.2) is 39.7 Å². The van der Waals surface area contributed by atoms with Gasteiger partial charge < -0.3 is 9.47 Å². The van der Waals surface area contributed by atoms with E-state index in [-0.39, 0.29) is 5.91 Å². The molecule has 4 aromatic rings. The van der Waals surface area contributed by atoms with Crippen molar-refractivity contribution < 1.29 is 14.3 Å². The van der Waals surface area contributed by atoms with E-state index in [4.69, 9.17) is 9.47 Å². The normalized spacial score (nSPS) is 10.8. The van der Waals surface area contributed by atoms with E-state index >= 15 is 0 Å². The quantitative estimate of drug-likeness (QED) is 0.557. The maximum Gasteiger partial charge on any atom is 0.258 e. The smallest absolute Gasteiger partial charge is 0.258 e. The second-order valence-corrected chi connectivity index (χ2v) is 7.17. The third kappa shape index (κ3) is 3.27. The molecular weight excluding hydrogens is 378 g/mol. The molecule has 0 aliphatic rings. The monoisotopic (exact) mass is 395 g/mol. The van der Waals surface area contributed by atoms with Crippen LogP contribution in [0.15, 0.2) is 42.9 Å². The first-order valence-electron chi connectivity index (χ1n) is 8.39. The van der Waals surface area contributed by atoms with Gasteiger partial charge in [0, 0.05) is 16.6 Å². The van der Waals surface area contributed by atoms with Crippen LogP contribution >= 0.6 is 11.3 Å². The number of fused-ring (bicyclic) bond motifs is 1. The molecule has 0 aliphatic carbocycles. The minimum Gasteiger partial charge on any atom is -0.493 e. The number of hydrogen-bond donors (Lipinski definition) is 1. The first-order valence-corrected chi connectivity index (χ1v) is 9.21. The number of nitrogens with one attached hydrogen (secondary N) is 1. The Bertz CT molecular complexity index is 1170. The van der Waals surface area contributed by atoms with E-state index in [1.165, 1.54) is 11.3 Å². The number of carbonyl (C=O) groups excluding carboxylic acids is 1. The van der Waals surface area contributed by atoms with Gasteiger partial charge in [0.25, 0.3) is 5.91 Å². The van der Waals surface area contributed by atoms with Crippen molar-refractivity contribution in [2.75, 3.05) is 19.5 Å². The van der Waals surface area contributed by atoms with Gasteiger partial charge in [0.05, 0.1) is 25.5 Å². The van der Waals surface area contributed by atoms with Crippen LogP contribution in [0, 0.1) is 6.92 Å². The number of anilines is 1. The highest BCUT2D eigenvalue weighted by atomic mass is 32.1. The van der Waals surface area contributed by atoms with Gasteiger partial charge in [-0.05, 0) is 37.3 Å². The summed E-state index contributed by atoms with van der Waals surface area (Å²) in [6.07, 6.45) is 3.23. The molecule has 3 aromatic heterocycles. The van der Waals surface area contributed by atoms with Gasteiger partial charge in [-0.1, -0.05) is 0 Å². The second-order valence-electron chi connectivity index (χ2n) is 5.96. The lowest BCUT2D eigenvalue weighted by Crippen LogP contribution is -2.12. The van der Waals surface area contributed by atoms with Crippen molar-refractivity contribution in [2.24, 2.45) is 0 Å². The number of benzene rings is 1. The molecule has 0 aliphatic heterocycles. The maximum absolute atomic E-state index is 12.6. The Labute approximate surface area is 164 Å². The Morgan fingerprint density at radius 1 is 1.14 bits per heavy atom. The summed E-state index contributed by atoms with van der Waals surface area (Å²) < 4.78 is 12.3. The van der Waals surface area contributed by atoms with E-state index in [1.807, 2.05) is 25.1 Å². The van der Waals surface area contributed by atoms with Gasteiger partial charge in [0.2, 0.25) is 0 Å². The summed E-state index contributed by atoms with van der Waals surface area (Å²) in [7, 11) is 3.18. The van der Waals surface area contributed by atoms with Crippen LogP contribution in [0.25, 0.3) is 16.9 Å². The summed E-state index contributed by atoms with van der Waals surface area (Å²) in [5, 5.41) is 11.1. The molecule has 3 heterocycles. The fraction of sp³-hybridized carbons (Fsp3) is 0.158. The van der Waals surface area contributed by atoms with Crippen molar-refractivity contribution in [3.63, 3.8) is 0 Å². The van der Waals surface area contributed by atoms with Crippen molar-refractivity contribution in [3.05, 3.63) is 53.3 Å². The minimum absolute atomic E-state index is 0.247. The lowest BCUT2D eigenvalue weighted by molar-refractivity contribution is 0.102. The van der Waals surface area contributed by atoms with Crippen molar-refractivity contribution >= 4 is 28.0 Å². The van der Waals surface area contributed by atoms with Crippen LogP contribution in [0.3, 0.4) is 0 Å². The highest BCUT2D eigenvalue weighted by Gasteiger charge is 2.15. The third-order valence-electron chi connectivity index (χ3n) is 4.23. The van der Waals surface area contributed by atoms with Gasteiger partial charge >= 0.3 is 0 Å². The first kappa shape index (κ1) is 17.9. The number of rotatable bonds is 5. The van der Waals surface area contributed by atoms with Crippen molar-refractivity contribution in [1.29, 1.82) is 0 Å². The van der Waals surface area contributed by atoms with Crippen molar-refractivity contribution in [2.45, 2.75) is 6.92 Å². The number of nitrogens with zero attached hydrogens (tertiary/aromatic N) is 4. The SMILES string of the molecule is COc1ccc(-c2nc(NC(=O)c3ccc4nncn4c3)sc2C)cc1OC. The van der Waals surface area contributed by atoms with E-state index in [2.05, 4.69) is 20.5 Å². The average Bonchev–Trinajstić information content (AvgIpc) is 3.32. The van der Waals surface area contributed by atoms with Crippen LogP contribution in [0.1, 0.15) is 15.2 Å². The molecule has 0 spiro atoms. The zero-order valence-electron chi connectivity index (χ0n) is 15.5. The molecule has 0 saturated heterocycles. The number of thiazole rings is 1. The largest absolute Gasteiger partial charge is 0.493 e. The van der Waals surface area contributed by atoms with Gasteiger partial charge in [0.15, 0.2) is 22.3 Å². The molecule has 0 atom stereocenters. The highest BCUT2D eigenvalue weighted by molar-refractivity contribution is 7.16. The molecule has 0 bridgehead atoms. The molecule has 0 fully saturated rings. The number of amides is 1. The van der Waals surface area contributed by atoms with Crippen LogP contribution in [-0.2, 0) is 0 Å². The maximum atomic E-state index is 12.6. The number of ether oxygens (including phenoxy) is 2. The zero-order chi connectivity index (χ0) is 19.7. The molecule has 0 unspecified atom stereocenters. The number of aryl methyl sites for hydroxylation is 1. The van der Waals surface area contributed by atoms with E-state index in [0.717, 1.165) is 16.1 Å².